The zero-order valence-corrected chi connectivity index (χ0v) is 14.3. The number of pyridine rings is 1. The van der Waals surface area contributed by atoms with Crippen LogP contribution in [0.25, 0.3) is 11.4 Å². The molecule has 0 aliphatic heterocycles. The number of nitrogens with zero attached hydrogens (tertiary/aromatic N) is 3. The molecule has 6 nitrogen and oxygen atoms in total. The Bertz CT molecular complexity index is 839. The van der Waals surface area contributed by atoms with Crippen molar-refractivity contribution < 1.29 is 9.47 Å². The first kappa shape index (κ1) is 16.7. The fourth-order valence-corrected chi connectivity index (χ4v) is 2.48. The van der Waals surface area contributed by atoms with Crippen LogP contribution in [0.4, 0.5) is 5.82 Å². The molecule has 0 fully saturated rings. The number of anilines is 1. The van der Waals surface area contributed by atoms with Gasteiger partial charge in [-0.2, -0.15) is 0 Å². The van der Waals surface area contributed by atoms with Gasteiger partial charge in [0, 0.05) is 24.5 Å². The van der Waals surface area contributed by atoms with E-state index in [1.54, 1.807) is 32.8 Å². The fraction of sp³-hybridized carbons (Fsp3) is 0.211. The van der Waals surface area contributed by atoms with Gasteiger partial charge in [-0.25, -0.2) is 9.97 Å². The third kappa shape index (κ3) is 4.23. The second kappa shape index (κ2) is 8.10. The maximum Gasteiger partial charge on any atom is 0.163 e. The summed E-state index contributed by atoms with van der Waals surface area (Å²) in [5, 5.41) is 3.32. The number of nitrogens with one attached hydrogen (secondary N) is 1. The van der Waals surface area contributed by atoms with Crippen LogP contribution < -0.4 is 14.8 Å². The van der Waals surface area contributed by atoms with E-state index in [-0.39, 0.29) is 0 Å². The summed E-state index contributed by atoms with van der Waals surface area (Å²) in [6, 6.07) is 11.7. The number of benzene rings is 1. The summed E-state index contributed by atoms with van der Waals surface area (Å²) in [5.41, 5.74) is 1.97. The molecule has 0 atom stereocenters. The summed E-state index contributed by atoms with van der Waals surface area (Å²) in [7, 11) is 3.29. The van der Waals surface area contributed by atoms with Gasteiger partial charge in [-0.1, -0.05) is 18.2 Å². The molecular weight excluding hydrogens is 316 g/mol. The van der Waals surface area contributed by atoms with Crippen LogP contribution in [0, 0.1) is 0 Å². The molecule has 0 amide bonds. The van der Waals surface area contributed by atoms with Crippen LogP contribution >= 0.6 is 0 Å². The molecule has 0 radical (unpaired) electrons. The van der Waals surface area contributed by atoms with Crippen molar-refractivity contribution in [2.24, 2.45) is 0 Å². The Kier molecular flexibility index (Phi) is 5.41. The van der Waals surface area contributed by atoms with E-state index in [1.165, 1.54) is 0 Å². The lowest BCUT2D eigenvalue weighted by molar-refractivity contribution is 0.410. The summed E-state index contributed by atoms with van der Waals surface area (Å²) in [5.74, 6) is 2.95. The molecule has 3 rings (SSSR count). The minimum absolute atomic E-state index is 0.605. The van der Waals surface area contributed by atoms with Crippen LogP contribution in [-0.2, 0) is 6.42 Å². The highest BCUT2D eigenvalue weighted by Crippen LogP contribution is 2.20. The molecule has 1 aromatic carbocycles. The van der Waals surface area contributed by atoms with E-state index < -0.39 is 0 Å². The SMILES string of the molecule is COc1cncc(-c2nccc(NCCc3ccccc3OC)n2)c1. The van der Waals surface area contributed by atoms with Crippen molar-refractivity contribution in [1.29, 1.82) is 0 Å². The number of methoxy groups -OCH3 is 2. The Morgan fingerprint density at radius 2 is 1.92 bits per heavy atom. The second-order valence-corrected chi connectivity index (χ2v) is 5.37. The van der Waals surface area contributed by atoms with Gasteiger partial charge in [0.2, 0.25) is 0 Å². The molecular formula is C19H20N4O2. The molecule has 0 unspecified atom stereocenters. The van der Waals surface area contributed by atoms with Crippen molar-refractivity contribution in [3.63, 3.8) is 0 Å². The molecule has 6 heteroatoms. The van der Waals surface area contributed by atoms with Crippen LogP contribution in [0.1, 0.15) is 5.56 Å². The van der Waals surface area contributed by atoms with Gasteiger partial charge in [0.1, 0.15) is 17.3 Å². The molecule has 2 aromatic heterocycles. The largest absolute Gasteiger partial charge is 0.496 e. The maximum atomic E-state index is 5.37. The van der Waals surface area contributed by atoms with Gasteiger partial charge in [0.25, 0.3) is 0 Å². The number of hydrogen-bond donors (Lipinski definition) is 1. The third-order valence-electron chi connectivity index (χ3n) is 3.76. The smallest absolute Gasteiger partial charge is 0.163 e. The quantitative estimate of drug-likeness (QED) is 0.714. The summed E-state index contributed by atoms with van der Waals surface area (Å²) >= 11 is 0. The van der Waals surface area contributed by atoms with E-state index >= 15 is 0 Å². The third-order valence-corrected chi connectivity index (χ3v) is 3.76. The Hall–Kier alpha value is -3.15. The summed E-state index contributed by atoms with van der Waals surface area (Å²) in [4.78, 5) is 13.0. The molecule has 0 saturated carbocycles. The van der Waals surface area contributed by atoms with E-state index in [0.717, 1.165) is 35.7 Å². The number of hydrogen-bond acceptors (Lipinski definition) is 6. The molecule has 2 heterocycles. The van der Waals surface area contributed by atoms with E-state index in [4.69, 9.17) is 9.47 Å². The van der Waals surface area contributed by atoms with Gasteiger partial charge in [-0.15, -0.1) is 0 Å². The lowest BCUT2D eigenvalue weighted by atomic mass is 10.1. The first-order chi connectivity index (χ1) is 12.3. The van der Waals surface area contributed by atoms with Gasteiger partial charge in [-0.3, -0.25) is 4.98 Å². The highest BCUT2D eigenvalue weighted by molar-refractivity contribution is 5.57. The van der Waals surface area contributed by atoms with Crippen molar-refractivity contribution in [2.75, 3.05) is 26.1 Å². The van der Waals surface area contributed by atoms with Crippen molar-refractivity contribution in [3.05, 3.63) is 60.6 Å². The summed E-state index contributed by atoms with van der Waals surface area (Å²) in [6.45, 7) is 0.743. The van der Waals surface area contributed by atoms with Gasteiger partial charge < -0.3 is 14.8 Å². The van der Waals surface area contributed by atoms with Gasteiger partial charge in [-0.05, 0) is 30.2 Å². The van der Waals surface area contributed by atoms with Crippen molar-refractivity contribution in [1.82, 2.24) is 15.0 Å². The van der Waals surface area contributed by atoms with Gasteiger partial charge in [0.15, 0.2) is 5.82 Å². The van der Waals surface area contributed by atoms with Crippen LogP contribution in [0.5, 0.6) is 11.5 Å². The van der Waals surface area contributed by atoms with Crippen LogP contribution in [-0.4, -0.2) is 35.7 Å². The first-order valence-corrected chi connectivity index (χ1v) is 7.98. The van der Waals surface area contributed by atoms with E-state index in [1.807, 2.05) is 30.3 Å². The van der Waals surface area contributed by atoms with Crippen LogP contribution in [0.15, 0.2) is 55.0 Å². The lowest BCUT2D eigenvalue weighted by Gasteiger charge is -2.10. The molecule has 3 aromatic rings. The minimum atomic E-state index is 0.605. The summed E-state index contributed by atoms with van der Waals surface area (Å²) in [6.07, 6.45) is 5.94. The molecule has 0 spiro atoms. The molecule has 0 aliphatic rings. The average molecular weight is 336 g/mol. The predicted octanol–water partition coefficient (Wildman–Crippen LogP) is 3.21. The molecule has 0 bridgehead atoms. The number of aromatic nitrogens is 3. The van der Waals surface area contributed by atoms with Gasteiger partial charge >= 0.3 is 0 Å². The van der Waals surface area contributed by atoms with Crippen LogP contribution in [0.2, 0.25) is 0 Å². The van der Waals surface area contributed by atoms with E-state index in [0.29, 0.717) is 11.6 Å². The Balaban J connectivity index is 1.67. The topological polar surface area (TPSA) is 69.2 Å². The number of ether oxygens (including phenoxy) is 2. The van der Waals surface area contributed by atoms with E-state index in [9.17, 15) is 0 Å². The maximum absolute atomic E-state index is 5.37. The summed E-state index contributed by atoms with van der Waals surface area (Å²) < 4.78 is 10.6. The van der Waals surface area contributed by atoms with Crippen molar-refractivity contribution >= 4 is 5.82 Å². The molecule has 0 saturated heterocycles. The molecule has 128 valence electrons. The number of para-hydroxylation sites is 1. The highest BCUT2D eigenvalue weighted by Gasteiger charge is 2.06. The molecule has 0 aliphatic carbocycles. The average Bonchev–Trinajstić information content (AvgIpc) is 2.68. The Morgan fingerprint density at radius 1 is 1.04 bits per heavy atom. The molecule has 1 N–H and O–H groups in total. The van der Waals surface area contributed by atoms with Crippen molar-refractivity contribution in [2.45, 2.75) is 6.42 Å². The second-order valence-electron chi connectivity index (χ2n) is 5.37. The van der Waals surface area contributed by atoms with Gasteiger partial charge in [0.05, 0.1) is 20.4 Å². The first-order valence-electron chi connectivity index (χ1n) is 7.98. The lowest BCUT2D eigenvalue weighted by Crippen LogP contribution is -2.08. The number of rotatable bonds is 7. The minimum Gasteiger partial charge on any atom is -0.496 e. The standard InChI is InChI=1S/C19H20N4O2/c1-24-16-11-15(12-20-13-16)19-22-10-8-18(23-19)21-9-7-14-5-3-4-6-17(14)25-2/h3-6,8,10-13H,7,9H2,1-2H3,(H,21,22,23). The normalized spacial score (nSPS) is 10.3. The van der Waals surface area contributed by atoms with E-state index in [2.05, 4.69) is 26.3 Å². The van der Waals surface area contributed by atoms with Crippen LogP contribution in [0.3, 0.4) is 0 Å². The Morgan fingerprint density at radius 3 is 2.76 bits per heavy atom. The molecule has 25 heavy (non-hydrogen) atoms. The zero-order valence-electron chi connectivity index (χ0n) is 14.3. The Labute approximate surface area is 146 Å². The fourth-order valence-electron chi connectivity index (χ4n) is 2.48. The predicted molar refractivity (Wildman–Crippen MR) is 97.0 cm³/mol. The zero-order chi connectivity index (χ0) is 17.5. The van der Waals surface area contributed by atoms with Crippen molar-refractivity contribution in [3.8, 4) is 22.9 Å². The highest BCUT2D eigenvalue weighted by atomic mass is 16.5. The monoisotopic (exact) mass is 336 g/mol.